The zero-order valence-corrected chi connectivity index (χ0v) is 7.21. The molecule has 0 saturated carbocycles. The van der Waals surface area contributed by atoms with Gasteiger partial charge in [-0.3, -0.25) is 4.79 Å². The molecule has 0 aromatic heterocycles. The Hall–Kier alpha value is -1.15. The molecule has 0 saturated heterocycles. The number of carbonyl (C=O) groups excluding carboxylic acids is 1. The second kappa shape index (κ2) is 4.02. The van der Waals surface area contributed by atoms with Gasteiger partial charge in [0.2, 0.25) is 0 Å². The Labute approximate surface area is 72.4 Å². The summed E-state index contributed by atoms with van der Waals surface area (Å²) in [7, 11) is 0. The number of benzene rings is 1. The summed E-state index contributed by atoms with van der Waals surface area (Å²) in [5, 5.41) is 0. The molecule has 2 nitrogen and oxygen atoms in total. The monoisotopic (exact) mass is 163 g/mol. The molecule has 0 heterocycles. The van der Waals surface area contributed by atoms with E-state index in [0.717, 1.165) is 12.0 Å². The summed E-state index contributed by atoms with van der Waals surface area (Å²) in [5.74, 6) is 0.00491. The van der Waals surface area contributed by atoms with Crippen molar-refractivity contribution in [3.8, 4) is 0 Å². The van der Waals surface area contributed by atoms with Gasteiger partial charge in [0.05, 0.1) is 6.54 Å². The molecule has 0 spiro atoms. The number of nitrogens with two attached hydrogens (primary N) is 1. The van der Waals surface area contributed by atoms with E-state index in [-0.39, 0.29) is 12.3 Å². The van der Waals surface area contributed by atoms with Crippen molar-refractivity contribution in [2.45, 2.75) is 13.3 Å². The third-order valence-corrected chi connectivity index (χ3v) is 1.84. The van der Waals surface area contributed by atoms with E-state index in [9.17, 15) is 4.79 Å². The van der Waals surface area contributed by atoms with Crippen molar-refractivity contribution in [3.05, 3.63) is 35.4 Å². The Morgan fingerprint density at radius 2 is 2.25 bits per heavy atom. The minimum Gasteiger partial charge on any atom is -0.324 e. The van der Waals surface area contributed by atoms with Gasteiger partial charge in [-0.1, -0.05) is 25.1 Å². The zero-order valence-electron chi connectivity index (χ0n) is 7.21. The van der Waals surface area contributed by atoms with Gasteiger partial charge in [0, 0.05) is 5.56 Å². The lowest BCUT2D eigenvalue weighted by molar-refractivity contribution is 0.100. The molecule has 0 fully saturated rings. The van der Waals surface area contributed by atoms with Crippen LogP contribution in [0, 0.1) is 0 Å². The van der Waals surface area contributed by atoms with E-state index in [0.29, 0.717) is 0 Å². The predicted octanol–water partition coefficient (Wildman–Crippen LogP) is 1.39. The zero-order chi connectivity index (χ0) is 8.97. The molecule has 1 aromatic carbocycles. The molecule has 2 N–H and O–H groups in total. The summed E-state index contributed by atoms with van der Waals surface area (Å²) in [6.45, 7) is 2.15. The molecule has 0 atom stereocenters. The van der Waals surface area contributed by atoms with Gasteiger partial charge in [0.15, 0.2) is 5.78 Å². The fraction of sp³-hybridized carbons (Fsp3) is 0.300. The first-order valence-corrected chi connectivity index (χ1v) is 4.10. The van der Waals surface area contributed by atoms with Gasteiger partial charge >= 0.3 is 0 Å². The molecule has 0 aliphatic carbocycles. The van der Waals surface area contributed by atoms with Crippen molar-refractivity contribution in [1.82, 2.24) is 0 Å². The summed E-state index contributed by atoms with van der Waals surface area (Å²) in [6, 6.07) is 7.60. The van der Waals surface area contributed by atoms with Crippen LogP contribution in [0.1, 0.15) is 22.8 Å². The van der Waals surface area contributed by atoms with E-state index in [1.807, 2.05) is 18.2 Å². The summed E-state index contributed by atoms with van der Waals surface area (Å²) < 4.78 is 0. The Kier molecular flexibility index (Phi) is 3.00. The van der Waals surface area contributed by atoms with Gasteiger partial charge in [0.1, 0.15) is 0 Å². The minimum absolute atomic E-state index is 0.00491. The van der Waals surface area contributed by atoms with Crippen molar-refractivity contribution in [2.24, 2.45) is 5.73 Å². The number of rotatable bonds is 3. The summed E-state index contributed by atoms with van der Waals surface area (Å²) in [6.07, 6.45) is 0.950. The van der Waals surface area contributed by atoms with Crippen LogP contribution in [0.3, 0.4) is 0 Å². The molecule has 2 heteroatoms. The largest absolute Gasteiger partial charge is 0.324 e. The van der Waals surface area contributed by atoms with E-state index < -0.39 is 0 Å². The van der Waals surface area contributed by atoms with Gasteiger partial charge in [-0.15, -0.1) is 0 Å². The third-order valence-electron chi connectivity index (χ3n) is 1.84. The molecule has 1 aromatic rings. The Morgan fingerprint density at radius 1 is 1.50 bits per heavy atom. The Bertz CT molecular complexity index is 281. The van der Waals surface area contributed by atoms with Crippen LogP contribution in [0.25, 0.3) is 0 Å². The summed E-state index contributed by atoms with van der Waals surface area (Å²) in [5.41, 5.74) is 7.14. The normalized spacial score (nSPS) is 9.83. The first-order chi connectivity index (χ1) is 5.77. The van der Waals surface area contributed by atoms with Crippen LogP contribution in [0.2, 0.25) is 0 Å². The number of Topliss-reactive ketones (excluding diaryl/α,β-unsaturated/α-hetero) is 1. The van der Waals surface area contributed by atoms with E-state index in [2.05, 4.69) is 6.92 Å². The maximum Gasteiger partial charge on any atom is 0.176 e. The number of hydrogen-bond donors (Lipinski definition) is 1. The second-order valence-corrected chi connectivity index (χ2v) is 2.68. The third kappa shape index (κ3) is 1.92. The van der Waals surface area contributed by atoms with E-state index in [4.69, 9.17) is 5.73 Å². The highest BCUT2D eigenvalue weighted by atomic mass is 16.1. The van der Waals surface area contributed by atoms with Crippen LogP contribution in [-0.2, 0) is 6.42 Å². The maximum absolute atomic E-state index is 11.2. The standard InChI is InChI=1S/C10H13NO/c1-2-8-4-3-5-9(6-8)10(12)7-11/h3-6H,2,7,11H2,1H3. The fourth-order valence-corrected chi connectivity index (χ4v) is 1.08. The molecule has 0 amide bonds. The van der Waals surface area contributed by atoms with Crippen LogP contribution in [-0.4, -0.2) is 12.3 Å². The van der Waals surface area contributed by atoms with Crippen LogP contribution >= 0.6 is 0 Å². The van der Waals surface area contributed by atoms with Gasteiger partial charge in [-0.2, -0.15) is 0 Å². The van der Waals surface area contributed by atoms with Crippen LogP contribution in [0.15, 0.2) is 24.3 Å². The average molecular weight is 163 g/mol. The van der Waals surface area contributed by atoms with Crippen molar-refractivity contribution < 1.29 is 4.79 Å². The molecule has 0 unspecified atom stereocenters. The van der Waals surface area contributed by atoms with Crippen LogP contribution < -0.4 is 5.73 Å². The molecule has 0 radical (unpaired) electrons. The predicted molar refractivity (Wildman–Crippen MR) is 49.2 cm³/mol. The van der Waals surface area contributed by atoms with Crippen LogP contribution in [0.5, 0.6) is 0 Å². The molecular weight excluding hydrogens is 150 g/mol. The Morgan fingerprint density at radius 3 is 2.83 bits per heavy atom. The summed E-state index contributed by atoms with van der Waals surface area (Å²) in [4.78, 5) is 11.2. The van der Waals surface area contributed by atoms with Gasteiger partial charge < -0.3 is 5.73 Å². The quantitative estimate of drug-likeness (QED) is 0.684. The lowest BCUT2D eigenvalue weighted by atomic mass is 10.1. The molecule has 12 heavy (non-hydrogen) atoms. The first-order valence-electron chi connectivity index (χ1n) is 4.10. The maximum atomic E-state index is 11.2. The van der Waals surface area contributed by atoms with Gasteiger partial charge in [-0.05, 0) is 18.1 Å². The first kappa shape index (κ1) is 8.94. The number of hydrogen-bond acceptors (Lipinski definition) is 2. The number of aryl methyl sites for hydroxylation is 1. The molecule has 0 aliphatic heterocycles. The molecule has 1 rings (SSSR count). The lowest BCUT2D eigenvalue weighted by Gasteiger charge is -2.00. The molecule has 0 aliphatic rings. The van der Waals surface area contributed by atoms with Crippen LogP contribution in [0.4, 0.5) is 0 Å². The molecular formula is C10H13NO. The second-order valence-electron chi connectivity index (χ2n) is 2.68. The highest BCUT2D eigenvalue weighted by Crippen LogP contribution is 2.05. The van der Waals surface area contributed by atoms with E-state index in [1.54, 1.807) is 6.07 Å². The van der Waals surface area contributed by atoms with Crippen molar-refractivity contribution in [3.63, 3.8) is 0 Å². The highest BCUT2D eigenvalue weighted by molar-refractivity contribution is 5.97. The lowest BCUT2D eigenvalue weighted by Crippen LogP contribution is -2.13. The summed E-state index contributed by atoms with van der Waals surface area (Å²) >= 11 is 0. The van der Waals surface area contributed by atoms with Crippen molar-refractivity contribution >= 4 is 5.78 Å². The smallest absolute Gasteiger partial charge is 0.176 e. The number of ketones is 1. The van der Waals surface area contributed by atoms with Crippen molar-refractivity contribution in [2.75, 3.05) is 6.54 Å². The Balaban J connectivity index is 2.93. The fourth-order valence-electron chi connectivity index (χ4n) is 1.08. The van der Waals surface area contributed by atoms with E-state index in [1.165, 1.54) is 5.56 Å². The van der Waals surface area contributed by atoms with E-state index >= 15 is 0 Å². The molecule has 0 bridgehead atoms. The van der Waals surface area contributed by atoms with Gasteiger partial charge in [0.25, 0.3) is 0 Å². The molecule has 64 valence electrons. The number of carbonyl (C=O) groups is 1. The van der Waals surface area contributed by atoms with Crippen molar-refractivity contribution in [1.29, 1.82) is 0 Å². The average Bonchev–Trinajstić information content (AvgIpc) is 2.17. The topological polar surface area (TPSA) is 43.1 Å². The minimum atomic E-state index is 0.00491. The highest BCUT2D eigenvalue weighted by Gasteiger charge is 2.02. The SMILES string of the molecule is CCc1cccc(C(=O)CN)c1. The van der Waals surface area contributed by atoms with Gasteiger partial charge in [-0.25, -0.2) is 0 Å².